The van der Waals surface area contributed by atoms with Gasteiger partial charge in [0.2, 0.25) is 5.91 Å². The fourth-order valence-corrected chi connectivity index (χ4v) is 4.02. The number of rotatable bonds is 8. The average molecular weight is 420 g/mol. The average Bonchev–Trinajstić information content (AvgIpc) is 2.80. The van der Waals surface area contributed by atoms with Crippen molar-refractivity contribution in [3.05, 3.63) is 76.7 Å². The lowest BCUT2D eigenvalue weighted by molar-refractivity contribution is -0.121. The third-order valence-corrected chi connectivity index (χ3v) is 5.74. The number of nitrogens with zero attached hydrogens (tertiary/aromatic N) is 4. The number of carbonyl (C=O) groups excluding carboxylic acids is 1. The van der Waals surface area contributed by atoms with Crippen LogP contribution in [0.4, 0.5) is 0 Å². The van der Waals surface area contributed by atoms with Crippen LogP contribution < -0.4 is 10.9 Å². The minimum Gasteiger partial charge on any atom is -0.355 e. The Morgan fingerprint density at radius 1 is 0.935 bits per heavy atom. The Kier molecular flexibility index (Phi) is 7.07. The van der Waals surface area contributed by atoms with Crippen LogP contribution in [0.5, 0.6) is 0 Å². The lowest BCUT2D eigenvalue weighted by Crippen LogP contribution is -2.46. The van der Waals surface area contributed by atoms with E-state index in [0.29, 0.717) is 17.6 Å². The maximum Gasteiger partial charge on any atom is 0.269 e. The molecule has 0 spiro atoms. The molecular weight excluding hydrogens is 390 g/mol. The Labute approximate surface area is 182 Å². The number of hydrogen-bond donors (Lipinski definition) is 1. The maximum absolute atomic E-state index is 12.4. The van der Waals surface area contributed by atoms with Gasteiger partial charge in [-0.2, -0.15) is 0 Å². The molecule has 0 atom stereocenters. The van der Waals surface area contributed by atoms with E-state index < -0.39 is 0 Å². The molecule has 7 nitrogen and oxygen atoms in total. The van der Waals surface area contributed by atoms with E-state index in [-0.39, 0.29) is 18.0 Å². The third-order valence-electron chi connectivity index (χ3n) is 5.74. The van der Waals surface area contributed by atoms with Crippen molar-refractivity contribution in [2.75, 3.05) is 39.3 Å². The molecule has 3 aromatic rings. The first kappa shape index (κ1) is 21.2. The van der Waals surface area contributed by atoms with Gasteiger partial charge >= 0.3 is 0 Å². The number of hydrogen-bond acceptors (Lipinski definition) is 5. The molecule has 2 heterocycles. The molecule has 0 bridgehead atoms. The lowest BCUT2D eigenvalue weighted by atomic mass is 10.2. The van der Waals surface area contributed by atoms with Crippen LogP contribution in [0.25, 0.3) is 11.0 Å². The SMILES string of the molecule is O=C(Cn1c(=O)cnc2ccccc21)NCCCN1CCN(Cc2ccccc2)CC1. The van der Waals surface area contributed by atoms with E-state index in [1.807, 2.05) is 24.3 Å². The van der Waals surface area contributed by atoms with E-state index in [9.17, 15) is 9.59 Å². The maximum atomic E-state index is 12.4. The fourth-order valence-electron chi connectivity index (χ4n) is 4.02. The number of piperazine rings is 1. The van der Waals surface area contributed by atoms with Gasteiger partial charge in [0.05, 0.1) is 17.2 Å². The second-order valence-corrected chi connectivity index (χ2v) is 7.98. The Hall–Kier alpha value is -3.03. The van der Waals surface area contributed by atoms with Crippen LogP contribution in [0.15, 0.2) is 65.6 Å². The molecular formula is C24H29N5O2. The van der Waals surface area contributed by atoms with Crippen molar-refractivity contribution in [3.63, 3.8) is 0 Å². The molecule has 31 heavy (non-hydrogen) atoms. The van der Waals surface area contributed by atoms with Crippen LogP contribution in [0.1, 0.15) is 12.0 Å². The number of amides is 1. The van der Waals surface area contributed by atoms with E-state index in [4.69, 9.17) is 0 Å². The summed E-state index contributed by atoms with van der Waals surface area (Å²) in [6, 6.07) is 18.0. The van der Waals surface area contributed by atoms with Gasteiger partial charge in [0.25, 0.3) is 5.56 Å². The fraction of sp³-hybridized carbons (Fsp3) is 0.375. The predicted octanol–water partition coefficient (Wildman–Crippen LogP) is 1.72. The number of aromatic nitrogens is 2. The number of para-hydroxylation sites is 2. The Bertz CT molecular complexity index is 1060. The van der Waals surface area contributed by atoms with Crippen molar-refractivity contribution in [1.82, 2.24) is 24.7 Å². The number of benzene rings is 2. The first-order chi connectivity index (χ1) is 15.2. The quantitative estimate of drug-likeness (QED) is 0.563. The van der Waals surface area contributed by atoms with Crippen LogP contribution in [-0.2, 0) is 17.9 Å². The minimum atomic E-state index is -0.262. The molecule has 1 aromatic heterocycles. The van der Waals surface area contributed by atoms with Crippen molar-refractivity contribution < 1.29 is 4.79 Å². The standard InChI is InChI=1S/C24H29N5O2/c30-23(19-29-22-10-5-4-9-21(22)26-17-24(29)31)25-11-6-12-27-13-15-28(16-14-27)18-20-7-2-1-3-8-20/h1-5,7-10,17H,6,11-16,18-19H2,(H,25,30). The van der Waals surface area contributed by atoms with Crippen LogP contribution in [0, 0.1) is 0 Å². The smallest absolute Gasteiger partial charge is 0.269 e. The summed E-state index contributed by atoms with van der Waals surface area (Å²) in [4.78, 5) is 33.6. The summed E-state index contributed by atoms with van der Waals surface area (Å²) in [6.45, 7) is 6.85. The summed E-state index contributed by atoms with van der Waals surface area (Å²) >= 11 is 0. The van der Waals surface area contributed by atoms with Crippen molar-refractivity contribution in [2.45, 2.75) is 19.5 Å². The highest BCUT2D eigenvalue weighted by Crippen LogP contribution is 2.09. The van der Waals surface area contributed by atoms with Gasteiger partial charge in [-0.15, -0.1) is 0 Å². The highest BCUT2D eigenvalue weighted by atomic mass is 16.2. The predicted molar refractivity (Wildman–Crippen MR) is 122 cm³/mol. The zero-order valence-electron chi connectivity index (χ0n) is 17.7. The van der Waals surface area contributed by atoms with E-state index >= 15 is 0 Å². The minimum absolute atomic E-state index is 0.0139. The van der Waals surface area contributed by atoms with Crippen LogP contribution in [0.3, 0.4) is 0 Å². The molecule has 4 rings (SSSR count). The van der Waals surface area contributed by atoms with Crippen LogP contribution >= 0.6 is 0 Å². The second kappa shape index (κ2) is 10.3. The molecule has 1 saturated heterocycles. The normalized spacial score (nSPS) is 15.2. The Morgan fingerprint density at radius 2 is 1.65 bits per heavy atom. The summed E-state index contributed by atoms with van der Waals surface area (Å²) < 4.78 is 1.48. The molecule has 2 aromatic carbocycles. The van der Waals surface area contributed by atoms with Gasteiger partial charge in [0.1, 0.15) is 6.54 Å². The molecule has 0 aliphatic carbocycles. The molecule has 1 N–H and O–H groups in total. The molecule has 1 aliphatic heterocycles. The zero-order chi connectivity index (χ0) is 21.5. The molecule has 1 amide bonds. The van der Waals surface area contributed by atoms with Gasteiger partial charge in [-0.25, -0.2) is 4.98 Å². The zero-order valence-corrected chi connectivity index (χ0v) is 17.7. The Balaban J connectivity index is 1.17. The topological polar surface area (TPSA) is 70.5 Å². The molecule has 7 heteroatoms. The van der Waals surface area contributed by atoms with Gasteiger partial charge < -0.3 is 10.2 Å². The van der Waals surface area contributed by atoms with Gasteiger partial charge in [0, 0.05) is 39.3 Å². The number of fused-ring (bicyclic) bond motifs is 1. The third kappa shape index (κ3) is 5.77. The summed E-state index contributed by atoms with van der Waals surface area (Å²) in [5, 5.41) is 2.95. The highest BCUT2D eigenvalue weighted by molar-refractivity contribution is 5.79. The second-order valence-electron chi connectivity index (χ2n) is 7.98. The molecule has 0 saturated carbocycles. The van der Waals surface area contributed by atoms with Gasteiger partial charge in [0.15, 0.2) is 0 Å². The van der Waals surface area contributed by atoms with Crippen molar-refractivity contribution in [3.8, 4) is 0 Å². The van der Waals surface area contributed by atoms with E-state index in [1.165, 1.54) is 16.3 Å². The van der Waals surface area contributed by atoms with E-state index in [1.54, 1.807) is 0 Å². The van der Waals surface area contributed by atoms with Crippen LogP contribution in [-0.4, -0.2) is 64.5 Å². The van der Waals surface area contributed by atoms with E-state index in [0.717, 1.165) is 45.7 Å². The van der Waals surface area contributed by atoms with Crippen LogP contribution in [0.2, 0.25) is 0 Å². The van der Waals surface area contributed by atoms with Gasteiger partial charge in [-0.3, -0.25) is 19.1 Å². The highest BCUT2D eigenvalue weighted by Gasteiger charge is 2.16. The van der Waals surface area contributed by atoms with Crippen molar-refractivity contribution >= 4 is 16.9 Å². The van der Waals surface area contributed by atoms with Gasteiger partial charge in [-0.05, 0) is 30.7 Å². The monoisotopic (exact) mass is 419 g/mol. The van der Waals surface area contributed by atoms with Crippen molar-refractivity contribution in [1.29, 1.82) is 0 Å². The molecule has 0 unspecified atom stereocenters. The summed E-state index contributed by atoms with van der Waals surface area (Å²) in [5.74, 6) is -0.147. The summed E-state index contributed by atoms with van der Waals surface area (Å²) in [5.41, 5.74) is 2.49. The molecule has 1 fully saturated rings. The number of carbonyl (C=O) groups is 1. The van der Waals surface area contributed by atoms with Gasteiger partial charge in [-0.1, -0.05) is 42.5 Å². The lowest BCUT2D eigenvalue weighted by Gasteiger charge is -2.34. The molecule has 162 valence electrons. The number of nitrogens with one attached hydrogen (secondary N) is 1. The molecule has 0 radical (unpaired) electrons. The largest absolute Gasteiger partial charge is 0.355 e. The summed E-state index contributed by atoms with van der Waals surface area (Å²) in [6.07, 6.45) is 2.17. The van der Waals surface area contributed by atoms with E-state index in [2.05, 4.69) is 50.4 Å². The first-order valence-electron chi connectivity index (χ1n) is 10.9. The van der Waals surface area contributed by atoms with Crippen molar-refractivity contribution in [2.24, 2.45) is 0 Å². The first-order valence-corrected chi connectivity index (χ1v) is 10.9. The molecule has 1 aliphatic rings. The summed E-state index contributed by atoms with van der Waals surface area (Å²) in [7, 11) is 0. The Morgan fingerprint density at radius 3 is 2.45 bits per heavy atom.